The van der Waals surface area contributed by atoms with E-state index >= 15 is 0 Å². The lowest BCUT2D eigenvalue weighted by molar-refractivity contribution is 0.328. The first-order chi connectivity index (χ1) is 8.60. The minimum Gasteiger partial charge on any atom is -0.309 e. The van der Waals surface area contributed by atoms with Gasteiger partial charge in [-0.25, -0.2) is 0 Å². The number of hydrogen-bond donors (Lipinski definition) is 0. The minimum atomic E-state index is -1.64. The van der Waals surface area contributed by atoms with Crippen LogP contribution in [0.25, 0.3) is 0 Å². The van der Waals surface area contributed by atoms with Crippen molar-refractivity contribution in [3.8, 4) is 0 Å². The predicted octanol–water partition coefficient (Wildman–Crippen LogP) is 4.03. The second kappa shape index (κ2) is 9.76. The summed E-state index contributed by atoms with van der Waals surface area (Å²) in [6.07, 6.45) is 4.95. The molecule has 0 unspecified atom stereocenters. The van der Waals surface area contributed by atoms with E-state index < -0.39 is 8.40 Å². The van der Waals surface area contributed by atoms with Crippen LogP contribution in [0.15, 0.2) is 12.3 Å². The van der Waals surface area contributed by atoms with Crippen LogP contribution in [0.3, 0.4) is 0 Å². The molecule has 2 nitrogen and oxygen atoms in total. The molecule has 0 atom stereocenters. The summed E-state index contributed by atoms with van der Waals surface area (Å²) in [4.78, 5) is 0. The van der Waals surface area contributed by atoms with E-state index in [1.165, 1.54) is 51.9 Å². The van der Waals surface area contributed by atoms with Gasteiger partial charge in [-0.15, -0.1) is 6.58 Å². The van der Waals surface area contributed by atoms with Gasteiger partial charge in [0.2, 0.25) is 8.40 Å². The fourth-order valence-corrected chi connectivity index (χ4v) is 6.29. The Kier molecular flexibility index (Phi) is 9.69. The summed E-state index contributed by atoms with van der Waals surface area (Å²) in [5.74, 6) is 0. The van der Waals surface area contributed by atoms with Gasteiger partial charge in [0.05, 0.1) is 0 Å². The zero-order chi connectivity index (χ0) is 14.0. The molecule has 0 rings (SSSR count). The molecule has 18 heavy (non-hydrogen) atoms. The average molecular weight is 271 g/mol. The van der Waals surface area contributed by atoms with Crippen LogP contribution in [0.1, 0.15) is 53.4 Å². The first-order valence-corrected chi connectivity index (χ1v) is 10.2. The Morgan fingerprint density at radius 3 is 1.22 bits per heavy atom. The molecule has 0 saturated carbocycles. The van der Waals surface area contributed by atoms with Crippen LogP contribution in [-0.2, 0) is 0 Å². The lowest BCUT2D eigenvalue weighted by atomic mass is 10.4. The second-order valence-electron chi connectivity index (χ2n) is 5.27. The molecule has 0 spiro atoms. The summed E-state index contributed by atoms with van der Waals surface area (Å²) >= 11 is 0. The lowest BCUT2D eigenvalue weighted by Gasteiger charge is -2.45. The Bertz CT molecular complexity index is 191. The highest BCUT2D eigenvalue weighted by atomic mass is 28.3. The monoisotopic (exact) mass is 270 g/mol. The van der Waals surface area contributed by atoms with E-state index in [0.717, 1.165) is 0 Å². The molecular weight excluding hydrogens is 236 g/mol. The minimum absolute atomic E-state index is 1.21. The van der Waals surface area contributed by atoms with Gasteiger partial charge in [-0.05, 0) is 58.4 Å². The normalized spacial score (nSPS) is 12.4. The largest absolute Gasteiger partial charge is 0.309 e. The first kappa shape index (κ1) is 17.9. The maximum Gasteiger partial charge on any atom is 0.228 e. The van der Waals surface area contributed by atoms with Gasteiger partial charge in [0.1, 0.15) is 0 Å². The third kappa shape index (κ3) is 4.86. The van der Waals surface area contributed by atoms with Crippen LogP contribution in [0.5, 0.6) is 0 Å². The summed E-state index contributed by atoms with van der Waals surface area (Å²) in [6.45, 7) is 20.6. The molecule has 3 heteroatoms. The van der Waals surface area contributed by atoms with Gasteiger partial charge in [-0.1, -0.05) is 33.4 Å². The zero-order valence-corrected chi connectivity index (χ0v) is 14.3. The highest BCUT2D eigenvalue weighted by Crippen LogP contribution is 2.19. The summed E-state index contributed by atoms with van der Waals surface area (Å²) in [5.41, 5.74) is 2.28. The molecule has 0 aliphatic rings. The van der Waals surface area contributed by atoms with Crippen molar-refractivity contribution in [1.82, 2.24) is 9.13 Å². The van der Waals surface area contributed by atoms with Gasteiger partial charge in [0, 0.05) is 0 Å². The van der Waals surface area contributed by atoms with Crippen LogP contribution < -0.4 is 0 Å². The van der Waals surface area contributed by atoms with Gasteiger partial charge in [-0.3, -0.25) is 0 Å². The van der Waals surface area contributed by atoms with E-state index in [1.54, 1.807) is 0 Å². The molecule has 0 saturated heterocycles. The zero-order valence-electron chi connectivity index (χ0n) is 13.3. The molecule has 0 aliphatic carbocycles. The van der Waals surface area contributed by atoms with Crippen molar-refractivity contribution >= 4 is 8.40 Å². The molecule has 108 valence electrons. The van der Waals surface area contributed by atoms with E-state index in [1.807, 2.05) is 0 Å². The standard InChI is InChI=1S/C15H34N2Si/c1-7-12-16(13-8-2)18(6,11-5)17(14-9-3)15-10-4/h11H,5,7-10,12-15H2,1-4,6H3. The van der Waals surface area contributed by atoms with Crippen molar-refractivity contribution in [3.05, 3.63) is 12.3 Å². The van der Waals surface area contributed by atoms with Crippen LogP contribution in [0, 0.1) is 0 Å². The van der Waals surface area contributed by atoms with E-state index in [-0.39, 0.29) is 0 Å². The van der Waals surface area contributed by atoms with Gasteiger partial charge in [0.15, 0.2) is 0 Å². The van der Waals surface area contributed by atoms with Crippen molar-refractivity contribution in [2.75, 3.05) is 26.2 Å². The molecule has 0 amide bonds. The third-order valence-electron chi connectivity index (χ3n) is 3.64. The summed E-state index contributed by atoms with van der Waals surface area (Å²) in [7, 11) is -1.64. The SMILES string of the molecule is C=C[Si](C)(N(CCC)CCC)N(CCC)CCC. The highest BCUT2D eigenvalue weighted by Gasteiger charge is 2.36. The van der Waals surface area contributed by atoms with E-state index in [2.05, 4.69) is 55.7 Å². The van der Waals surface area contributed by atoms with Gasteiger partial charge in [0.25, 0.3) is 0 Å². The predicted molar refractivity (Wildman–Crippen MR) is 86.1 cm³/mol. The second-order valence-corrected chi connectivity index (χ2v) is 9.13. The molecule has 0 bridgehead atoms. The molecule has 0 N–H and O–H groups in total. The average Bonchev–Trinajstić information content (AvgIpc) is 2.37. The van der Waals surface area contributed by atoms with E-state index in [9.17, 15) is 0 Å². The highest BCUT2D eigenvalue weighted by molar-refractivity contribution is 6.78. The topological polar surface area (TPSA) is 6.48 Å². The van der Waals surface area contributed by atoms with Crippen LogP contribution in [0.4, 0.5) is 0 Å². The molecule has 0 aromatic rings. The van der Waals surface area contributed by atoms with Crippen molar-refractivity contribution < 1.29 is 0 Å². The van der Waals surface area contributed by atoms with E-state index in [0.29, 0.717) is 0 Å². The Balaban J connectivity index is 5.02. The smallest absolute Gasteiger partial charge is 0.228 e. The lowest BCUT2D eigenvalue weighted by Crippen LogP contribution is -2.63. The van der Waals surface area contributed by atoms with Gasteiger partial charge < -0.3 is 9.13 Å². The van der Waals surface area contributed by atoms with Gasteiger partial charge >= 0.3 is 0 Å². The van der Waals surface area contributed by atoms with Crippen LogP contribution in [0.2, 0.25) is 6.55 Å². The number of rotatable bonds is 11. The van der Waals surface area contributed by atoms with Gasteiger partial charge in [-0.2, -0.15) is 0 Å². The molecule has 0 aromatic carbocycles. The molecule has 0 aliphatic heterocycles. The molecule has 0 aromatic heterocycles. The van der Waals surface area contributed by atoms with Crippen molar-refractivity contribution in [3.63, 3.8) is 0 Å². The van der Waals surface area contributed by atoms with Crippen LogP contribution >= 0.6 is 0 Å². The van der Waals surface area contributed by atoms with Crippen molar-refractivity contribution in [2.24, 2.45) is 0 Å². The van der Waals surface area contributed by atoms with Crippen LogP contribution in [-0.4, -0.2) is 43.7 Å². The van der Waals surface area contributed by atoms with E-state index in [4.69, 9.17) is 0 Å². The molecule has 0 fully saturated rings. The Labute approximate surface area is 116 Å². The number of hydrogen-bond acceptors (Lipinski definition) is 2. The maximum atomic E-state index is 4.18. The summed E-state index contributed by atoms with van der Waals surface area (Å²) in [5, 5.41) is 0. The third-order valence-corrected chi connectivity index (χ3v) is 7.87. The molecule has 0 radical (unpaired) electrons. The summed E-state index contributed by atoms with van der Waals surface area (Å²) in [6, 6.07) is 0. The van der Waals surface area contributed by atoms with Crippen molar-refractivity contribution in [2.45, 2.75) is 59.9 Å². The Morgan fingerprint density at radius 1 is 0.778 bits per heavy atom. The Morgan fingerprint density at radius 2 is 1.06 bits per heavy atom. The Hall–Kier alpha value is -0.123. The number of nitrogens with zero attached hydrogens (tertiary/aromatic N) is 2. The maximum absolute atomic E-state index is 4.18. The first-order valence-electron chi connectivity index (χ1n) is 7.74. The fraction of sp³-hybridized carbons (Fsp3) is 0.867. The quantitative estimate of drug-likeness (QED) is 0.523. The molecular formula is C15H34N2Si. The summed E-state index contributed by atoms with van der Waals surface area (Å²) < 4.78 is 5.46. The molecule has 0 heterocycles. The van der Waals surface area contributed by atoms with Crippen molar-refractivity contribution in [1.29, 1.82) is 0 Å². The fourth-order valence-electron chi connectivity index (χ4n) is 2.67.